The van der Waals surface area contributed by atoms with E-state index in [1.165, 1.54) is 7.11 Å². The zero-order chi connectivity index (χ0) is 21.2. The number of para-hydroxylation sites is 1. The van der Waals surface area contributed by atoms with Gasteiger partial charge in [-0.15, -0.1) is 11.3 Å². The Labute approximate surface area is 183 Å². The van der Waals surface area contributed by atoms with Crippen LogP contribution in [-0.4, -0.2) is 44.7 Å². The van der Waals surface area contributed by atoms with Crippen molar-refractivity contribution in [3.8, 4) is 22.8 Å². The molecule has 0 N–H and O–H groups in total. The average molecular weight is 435 g/mol. The second kappa shape index (κ2) is 8.35. The van der Waals surface area contributed by atoms with Gasteiger partial charge >= 0.3 is 0 Å². The number of aromatic nitrogens is 5. The first-order valence-electron chi connectivity index (χ1n) is 10.2. The number of nitrogens with zero attached hydrogens (tertiary/aromatic N) is 6. The number of ether oxygens (including phenoxy) is 1. The minimum absolute atomic E-state index is 0.178. The molecule has 5 rings (SSSR count). The molecule has 0 unspecified atom stereocenters. The summed E-state index contributed by atoms with van der Waals surface area (Å²) in [4.78, 5) is 19.8. The van der Waals surface area contributed by atoms with E-state index in [1.807, 2.05) is 52.7 Å². The molecule has 3 aromatic heterocycles. The van der Waals surface area contributed by atoms with Gasteiger partial charge in [0, 0.05) is 24.7 Å². The molecule has 0 amide bonds. The van der Waals surface area contributed by atoms with E-state index >= 15 is 0 Å². The van der Waals surface area contributed by atoms with Gasteiger partial charge in [-0.05, 0) is 31.0 Å². The monoisotopic (exact) mass is 434 g/mol. The highest BCUT2D eigenvalue weighted by molar-refractivity contribution is 7.13. The summed E-state index contributed by atoms with van der Waals surface area (Å²) in [6.45, 7) is 1.79. The molecule has 158 valence electrons. The molecule has 0 spiro atoms. The summed E-state index contributed by atoms with van der Waals surface area (Å²) in [5, 5.41) is 12.2. The molecule has 9 heteroatoms. The third-order valence-electron chi connectivity index (χ3n) is 5.54. The Morgan fingerprint density at radius 1 is 1.10 bits per heavy atom. The Morgan fingerprint density at radius 2 is 1.90 bits per heavy atom. The average Bonchev–Trinajstić information content (AvgIpc) is 3.53. The molecule has 4 aromatic rings. The molecule has 8 nitrogen and oxygen atoms in total. The molecule has 4 heterocycles. The van der Waals surface area contributed by atoms with Gasteiger partial charge in [0.1, 0.15) is 0 Å². The van der Waals surface area contributed by atoms with Crippen LogP contribution in [0.4, 0.5) is 5.13 Å². The Balaban J connectivity index is 1.49. The Hall–Kier alpha value is -3.46. The summed E-state index contributed by atoms with van der Waals surface area (Å²) in [5.41, 5.74) is 1.61. The first kappa shape index (κ1) is 19.5. The molecule has 1 aliphatic heterocycles. The summed E-state index contributed by atoms with van der Waals surface area (Å²) in [6.07, 6.45) is 7.06. The fourth-order valence-corrected chi connectivity index (χ4v) is 4.63. The van der Waals surface area contributed by atoms with Gasteiger partial charge in [0.05, 0.1) is 36.9 Å². The molecule has 0 atom stereocenters. The summed E-state index contributed by atoms with van der Waals surface area (Å²) in [5.74, 6) is 0.285. The normalized spacial score (nSPS) is 14.7. The van der Waals surface area contributed by atoms with Crippen molar-refractivity contribution in [1.82, 2.24) is 24.5 Å². The number of thiazole rings is 1. The van der Waals surface area contributed by atoms with Crippen LogP contribution >= 0.6 is 11.3 Å². The van der Waals surface area contributed by atoms with E-state index in [9.17, 15) is 4.79 Å². The topological polar surface area (TPSA) is 78.1 Å². The summed E-state index contributed by atoms with van der Waals surface area (Å²) >= 11 is 1.66. The second-order valence-corrected chi connectivity index (χ2v) is 8.22. The minimum atomic E-state index is -0.239. The van der Waals surface area contributed by atoms with Crippen molar-refractivity contribution in [2.24, 2.45) is 0 Å². The number of hydrogen-bond acceptors (Lipinski definition) is 7. The number of rotatable bonds is 5. The van der Waals surface area contributed by atoms with Crippen LogP contribution in [0.2, 0.25) is 0 Å². The smallest absolute Gasteiger partial charge is 0.251 e. The molecule has 1 saturated heterocycles. The van der Waals surface area contributed by atoms with Gasteiger partial charge in [-0.2, -0.15) is 10.2 Å². The van der Waals surface area contributed by atoms with Crippen molar-refractivity contribution in [3.05, 3.63) is 70.6 Å². The highest BCUT2D eigenvalue weighted by Gasteiger charge is 2.25. The molecule has 1 fully saturated rings. The lowest BCUT2D eigenvalue weighted by Gasteiger charge is -2.32. The van der Waals surface area contributed by atoms with Crippen molar-refractivity contribution >= 4 is 16.5 Å². The van der Waals surface area contributed by atoms with Crippen LogP contribution in [0.1, 0.15) is 18.9 Å². The van der Waals surface area contributed by atoms with Gasteiger partial charge in [-0.1, -0.05) is 18.2 Å². The predicted octanol–water partition coefficient (Wildman–Crippen LogP) is 3.40. The molecule has 31 heavy (non-hydrogen) atoms. The first-order valence-corrected chi connectivity index (χ1v) is 11.0. The third-order valence-corrected chi connectivity index (χ3v) is 6.37. The lowest BCUT2D eigenvalue weighted by molar-refractivity contribution is 0.346. The van der Waals surface area contributed by atoms with E-state index < -0.39 is 0 Å². The maximum atomic E-state index is 13.1. The fraction of sp³-hybridized carbons (Fsp3) is 0.273. The SMILES string of the molecule is COc1cn(C2CCN(c3nccs3)CC2)nc(-c2ccnn2-c2ccccc2)c1=O. The van der Waals surface area contributed by atoms with Crippen molar-refractivity contribution in [3.63, 3.8) is 0 Å². The molecular weight excluding hydrogens is 412 g/mol. The quantitative estimate of drug-likeness (QED) is 0.479. The van der Waals surface area contributed by atoms with Gasteiger partial charge < -0.3 is 9.64 Å². The van der Waals surface area contributed by atoms with Gasteiger partial charge in [-0.3, -0.25) is 9.48 Å². The number of anilines is 1. The molecule has 0 radical (unpaired) electrons. The largest absolute Gasteiger partial charge is 0.491 e. The van der Waals surface area contributed by atoms with Gasteiger partial charge in [-0.25, -0.2) is 9.67 Å². The fourth-order valence-electron chi connectivity index (χ4n) is 3.94. The van der Waals surface area contributed by atoms with Crippen LogP contribution in [0, 0.1) is 0 Å². The molecule has 0 aliphatic carbocycles. The van der Waals surface area contributed by atoms with E-state index in [0.717, 1.165) is 36.8 Å². The number of methoxy groups -OCH3 is 1. The van der Waals surface area contributed by atoms with E-state index in [-0.39, 0.29) is 17.2 Å². The predicted molar refractivity (Wildman–Crippen MR) is 120 cm³/mol. The van der Waals surface area contributed by atoms with E-state index in [0.29, 0.717) is 11.4 Å². The number of piperidine rings is 1. The van der Waals surface area contributed by atoms with Crippen molar-refractivity contribution in [1.29, 1.82) is 0 Å². The zero-order valence-electron chi connectivity index (χ0n) is 17.1. The van der Waals surface area contributed by atoms with Crippen LogP contribution in [-0.2, 0) is 0 Å². The third kappa shape index (κ3) is 3.72. The van der Waals surface area contributed by atoms with Crippen LogP contribution in [0.5, 0.6) is 5.75 Å². The molecule has 1 aliphatic rings. The summed E-state index contributed by atoms with van der Waals surface area (Å²) in [7, 11) is 1.52. The van der Waals surface area contributed by atoms with E-state index in [1.54, 1.807) is 28.4 Å². The molecule has 1 aromatic carbocycles. The van der Waals surface area contributed by atoms with Crippen molar-refractivity contribution in [2.75, 3.05) is 25.1 Å². The summed E-state index contributed by atoms with van der Waals surface area (Å²) < 4.78 is 9.04. The van der Waals surface area contributed by atoms with Crippen LogP contribution < -0.4 is 15.1 Å². The number of hydrogen-bond donors (Lipinski definition) is 0. The highest BCUT2D eigenvalue weighted by atomic mass is 32.1. The summed E-state index contributed by atoms with van der Waals surface area (Å²) in [6, 6.07) is 11.7. The van der Waals surface area contributed by atoms with Crippen LogP contribution in [0.3, 0.4) is 0 Å². The Bertz CT molecular complexity index is 1210. The maximum Gasteiger partial charge on any atom is 0.251 e. The second-order valence-electron chi connectivity index (χ2n) is 7.35. The van der Waals surface area contributed by atoms with Gasteiger partial charge in [0.15, 0.2) is 16.6 Å². The molecule has 0 bridgehead atoms. The highest BCUT2D eigenvalue weighted by Crippen LogP contribution is 2.28. The Morgan fingerprint density at radius 3 is 2.61 bits per heavy atom. The maximum absolute atomic E-state index is 13.1. The lowest BCUT2D eigenvalue weighted by atomic mass is 10.1. The first-order chi connectivity index (χ1) is 15.2. The molecule has 0 saturated carbocycles. The molecular formula is C22H22N6O2S. The van der Waals surface area contributed by atoms with Gasteiger partial charge in [0.25, 0.3) is 5.43 Å². The van der Waals surface area contributed by atoms with Crippen molar-refractivity contribution < 1.29 is 4.74 Å². The minimum Gasteiger partial charge on any atom is -0.491 e. The zero-order valence-corrected chi connectivity index (χ0v) is 17.9. The van der Waals surface area contributed by atoms with E-state index in [4.69, 9.17) is 9.84 Å². The van der Waals surface area contributed by atoms with Crippen molar-refractivity contribution in [2.45, 2.75) is 18.9 Å². The Kier molecular flexibility index (Phi) is 5.25. The van der Waals surface area contributed by atoms with Crippen LogP contribution in [0.15, 0.2) is 65.2 Å². The van der Waals surface area contributed by atoms with E-state index in [2.05, 4.69) is 15.0 Å². The number of benzene rings is 1. The van der Waals surface area contributed by atoms with Crippen LogP contribution in [0.25, 0.3) is 17.1 Å². The lowest BCUT2D eigenvalue weighted by Crippen LogP contribution is -2.35. The standard InChI is InChI=1S/C22H22N6O2S/c1-30-19-15-27(16-8-12-26(13-9-16)22-23-11-14-31-22)25-20(21(19)29)18-7-10-24-28(18)17-5-3-2-4-6-17/h2-7,10-11,14-16H,8-9,12-13H2,1H3. The van der Waals surface area contributed by atoms with Gasteiger partial charge in [0.2, 0.25) is 0 Å².